The number of nitrogens with two attached hydrogens (primary N) is 2. The number of nitrogens with zero attached hydrogens (tertiary/aromatic N) is 2. The van der Waals surface area contributed by atoms with Crippen molar-refractivity contribution in [2.75, 3.05) is 105 Å². The van der Waals surface area contributed by atoms with Gasteiger partial charge in [-0.2, -0.15) is 0 Å². The summed E-state index contributed by atoms with van der Waals surface area (Å²) < 4.78 is 25.1. The van der Waals surface area contributed by atoms with Crippen molar-refractivity contribution >= 4 is 178 Å². The van der Waals surface area contributed by atoms with Gasteiger partial charge in [0, 0.05) is 104 Å². The maximum absolute atomic E-state index is 6.66. The molecule has 0 radical (unpaired) electrons. The maximum atomic E-state index is 6.66. The fourth-order valence-electron chi connectivity index (χ4n) is 30.8. The van der Waals surface area contributed by atoms with E-state index >= 15 is 0 Å². The Hall–Kier alpha value is -6.82. The normalized spacial score (nSPS) is 33.4. The van der Waals surface area contributed by atoms with Gasteiger partial charge in [-0.15, -0.1) is 0 Å². The Kier molecular flexibility index (Phi) is 4.32. The molecule has 10 unspecified atom stereocenters. The molecule has 4 spiro atoms. The number of allylic oxidation sites excluding steroid dienone is 2. The van der Waals surface area contributed by atoms with Gasteiger partial charge in [-0.05, 0) is 273 Å². The lowest BCUT2D eigenvalue weighted by molar-refractivity contribution is 0.0425. The molecule has 4 N–H and O–H groups in total. The van der Waals surface area contributed by atoms with Crippen molar-refractivity contribution in [1.82, 2.24) is 9.80 Å². The predicted octanol–water partition coefficient (Wildman–Crippen LogP) is 10.8. The summed E-state index contributed by atoms with van der Waals surface area (Å²) in [5.74, 6) is 2.31. The van der Waals surface area contributed by atoms with Crippen molar-refractivity contribution in [3.05, 3.63) is 94.3 Å². The predicted molar refractivity (Wildman–Crippen MR) is 329 cm³/mol. The summed E-state index contributed by atoms with van der Waals surface area (Å²) in [5.41, 5.74) is 46.5. The van der Waals surface area contributed by atoms with Crippen molar-refractivity contribution in [3.63, 3.8) is 0 Å². The fourth-order valence-corrected chi connectivity index (χ4v) is 30.8. The Bertz CT molecular complexity index is 6720. The van der Waals surface area contributed by atoms with Crippen LogP contribution in [0.2, 0.25) is 0 Å². The molecule has 16 aliphatic carbocycles. The van der Waals surface area contributed by atoms with Crippen LogP contribution in [0.5, 0.6) is 0 Å². The highest BCUT2D eigenvalue weighted by atomic mass is 16.5. The molecule has 16 aromatic carbocycles. The zero-order valence-electron chi connectivity index (χ0n) is 45.5. The van der Waals surface area contributed by atoms with Crippen molar-refractivity contribution < 1.29 is 18.9 Å². The number of benzene rings is 11. The van der Waals surface area contributed by atoms with Crippen molar-refractivity contribution in [3.8, 4) is 0 Å². The molecule has 0 amide bonds. The molecule has 18 aliphatic rings. The van der Waals surface area contributed by atoms with Crippen LogP contribution in [0.25, 0.3) is 178 Å². The summed E-state index contributed by atoms with van der Waals surface area (Å²) in [6.45, 7) is 12.5. The summed E-state index contributed by atoms with van der Waals surface area (Å²) in [6, 6.07) is 0. The average Bonchev–Trinajstić information content (AvgIpc) is 1.38. The van der Waals surface area contributed by atoms with Crippen LogP contribution in [-0.4, -0.2) is 115 Å². The smallest absolute Gasteiger partial charge is 0.0701 e. The van der Waals surface area contributed by atoms with Gasteiger partial charge in [0.1, 0.15) is 0 Å². The SMILES string of the molecule is NCCOCCOCCN1CC23C4=c5c6c7c8c9c%10c%11c%12c%13c%14c%15c%16c%17c%18c%19c%20c%21c%22c%23c%24c(c2c%22c2c%22c%25c%26c(c5c(c6%10)c5c%11c6c%13c(c%14%18)c%10c%19c(c%212)c%25c%10c6c%265)C%223C1)C4C7C1=C%24C(=C%16C2(CN(CCOCCOCCN)CC182)C%15C9%12)C%23C%17%20. The molecule has 0 aromatic heterocycles. The van der Waals surface area contributed by atoms with Gasteiger partial charge >= 0.3 is 0 Å². The lowest BCUT2D eigenvalue weighted by Gasteiger charge is -2.58. The van der Waals surface area contributed by atoms with Crippen LogP contribution in [0, 0.1) is 5.41 Å². The molecular formula is C76H42N4O4. The number of hydrogen-bond donors (Lipinski definition) is 2. The molecule has 0 saturated carbocycles. The summed E-state index contributed by atoms with van der Waals surface area (Å²) in [7, 11) is 0. The minimum atomic E-state index is -0.193. The molecular weight excluding hydrogens is 1030 g/mol. The van der Waals surface area contributed by atoms with Gasteiger partial charge < -0.3 is 30.4 Å². The summed E-state index contributed by atoms with van der Waals surface area (Å²) >= 11 is 0. The standard InChI is InChI=1S/C76H42N4O4/c77-1-5-81-9-11-83-7-3-79-13-73-65-49-37-25-17-18-22-19-23-31-39(27(19)25)51(49)67(73)57-45(31)36-44-34(23)42-30(22)38-26(18)28-20-21(17)29(37)41-33-24(20)32-40(28)52-50(38)66-54(42)56(44)70-62-47(36)59(57)71-63-61-48-35(43(33)55(53(41)65)69(61)75(71,73)15-79)46(32)58-60(48)72(64(62)63)76(70)16-80(14-74(66,76)68(52)58)4-8-84-12-10-82-6-2-78/h31,45,53,63-65H,1-16,77-78H2. The van der Waals surface area contributed by atoms with E-state index in [1.807, 2.05) is 106 Å². The first-order chi connectivity index (χ1) is 41.8. The van der Waals surface area contributed by atoms with Gasteiger partial charge in [0.05, 0.1) is 58.3 Å². The van der Waals surface area contributed by atoms with Crippen LogP contribution in [0.1, 0.15) is 113 Å². The zero-order chi connectivity index (χ0) is 51.6. The molecule has 0 bridgehead atoms. The molecule has 390 valence electrons. The van der Waals surface area contributed by atoms with Gasteiger partial charge in [-0.3, -0.25) is 9.80 Å². The minimum absolute atomic E-state index is 0.0616. The van der Waals surface area contributed by atoms with Crippen molar-refractivity contribution in [1.29, 1.82) is 0 Å². The molecule has 2 heterocycles. The lowest BCUT2D eigenvalue weighted by atomic mass is 9.42. The van der Waals surface area contributed by atoms with Gasteiger partial charge in [-0.25, -0.2) is 0 Å². The number of rotatable bonds is 16. The summed E-state index contributed by atoms with van der Waals surface area (Å²) in [5, 5.41) is 53.8. The van der Waals surface area contributed by atoms with E-state index in [-0.39, 0.29) is 21.7 Å². The molecule has 8 heteroatoms. The Labute approximate surface area is 472 Å². The van der Waals surface area contributed by atoms with Gasteiger partial charge in [0.15, 0.2) is 0 Å². The molecule has 2 aliphatic heterocycles. The Balaban J connectivity index is 0.866. The zero-order valence-corrected chi connectivity index (χ0v) is 45.5. The third kappa shape index (κ3) is 2.38. The van der Waals surface area contributed by atoms with E-state index in [1.165, 1.54) is 0 Å². The van der Waals surface area contributed by atoms with Crippen LogP contribution in [0.15, 0.2) is 11.1 Å². The van der Waals surface area contributed by atoms with Crippen LogP contribution >= 0.6 is 0 Å². The number of ether oxygens (including phenoxy) is 4. The highest BCUT2D eigenvalue weighted by molar-refractivity contribution is 6.70. The van der Waals surface area contributed by atoms with Gasteiger partial charge in [0.2, 0.25) is 0 Å². The second-order valence-electron chi connectivity index (χ2n) is 31.2. The first-order valence-corrected chi connectivity index (χ1v) is 32.7. The highest BCUT2D eigenvalue weighted by Crippen LogP contribution is 2.95. The first-order valence-electron chi connectivity index (χ1n) is 32.7. The van der Waals surface area contributed by atoms with E-state index in [2.05, 4.69) is 9.80 Å². The van der Waals surface area contributed by atoms with Crippen LogP contribution in [0.4, 0.5) is 0 Å². The number of hydrogen-bond acceptors (Lipinski definition) is 8. The molecule has 2 saturated heterocycles. The molecule has 8 nitrogen and oxygen atoms in total. The van der Waals surface area contributed by atoms with Crippen LogP contribution in [0.3, 0.4) is 0 Å². The second-order valence-corrected chi connectivity index (χ2v) is 31.2. The third-order valence-corrected chi connectivity index (χ3v) is 30.6. The molecule has 16 aromatic rings. The minimum Gasteiger partial charge on any atom is -0.378 e. The first kappa shape index (κ1) is 37.6. The maximum Gasteiger partial charge on any atom is 0.0701 e. The van der Waals surface area contributed by atoms with Crippen molar-refractivity contribution in [2.45, 2.75) is 51.8 Å². The van der Waals surface area contributed by atoms with E-state index in [0.717, 1.165) is 52.5 Å². The van der Waals surface area contributed by atoms with Gasteiger partial charge in [0.25, 0.3) is 0 Å². The Morgan fingerprint density at radius 1 is 0.333 bits per heavy atom. The topological polar surface area (TPSA) is 95.4 Å². The lowest BCUT2D eigenvalue weighted by Crippen LogP contribution is -2.54. The van der Waals surface area contributed by atoms with E-state index in [9.17, 15) is 0 Å². The average molecular weight is 1080 g/mol. The van der Waals surface area contributed by atoms with Crippen LogP contribution in [-0.2, 0) is 35.2 Å². The third-order valence-electron chi connectivity index (χ3n) is 30.6. The van der Waals surface area contributed by atoms with E-state index in [4.69, 9.17) is 30.4 Å². The van der Waals surface area contributed by atoms with Gasteiger partial charge in [-0.1, -0.05) is 0 Å². The fraction of sp³-hybridized carbons (Fsp3) is 0.342. The quantitative estimate of drug-likeness (QED) is 0.0730. The monoisotopic (exact) mass is 1070 g/mol. The summed E-state index contributed by atoms with van der Waals surface area (Å²) in [4.78, 5) is 6.05. The Morgan fingerprint density at radius 3 is 1.49 bits per heavy atom. The van der Waals surface area contributed by atoms with E-state index < -0.39 is 0 Å². The van der Waals surface area contributed by atoms with E-state index in [0.29, 0.717) is 88.2 Å². The Morgan fingerprint density at radius 2 is 0.798 bits per heavy atom. The van der Waals surface area contributed by atoms with Crippen molar-refractivity contribution in [2.24, 2.45) is 16.9 Å². The second kappa shape index (κ2) is 9.65. The highest BCUT2D eigenvalue weighted by Gasteiger charge is 2.85. The molecule has 34 rings (SSSR count). The molecule has 84 heavy (non-hydrogen) atoms. The molecule has 2 fully saturated rings. The van der Waals surface area contributed by atoms with E-state index in [1.54, 1.807) is 167 Å². The van der Waals surface area contributed by atoms with Crippen LogP contribution < -0.4 is 16.7 Å². The summed E-state index contributed by atoms with van der Waals surface area (Å²) in [6.07, 6.45) is 0. The largest absolute Gasteiger partial charge is 0.378 e. The molecule has 10 atom stereocenters. The number of likely N-dealkylation sites (tertiary alicyclic amines) is 2.